The first-order valence-electron chi connectivity index (χ1n) is 8.26. The van der Waals surface area contributed by atoms with Crippen molar-refractivity contribution < 1.29 is 14.7 Å². The lowest BCUT2D eigenvalue weighted by atomic mass is 10.1. The Hall–Kier alpha value is -3.15. The number of hydrazone groups is 1. The predicted octanol–water partition coefficient (Wildman–Crippen LogP) is 3.45. The van der Waals surface area contributed by atoms with E-state index >= 15 is 0 Å². The monoisotopic (exact) mass is 353 g/mol. The van der Waals surface area contributed by atoms with Gasteiger partial charge in [0.05, 0.1) is 12.0 Å². The van der Waals surface area contributed by atoms with Crippen LogP contribution in [0.4, 0.5) is 5.69 Å². The van der Waals surface area contributed by atoms with Crippen LogP contribution in [0, 0.1) is 20.8 Å². The van der Waals surface area contributed by atoms with E-state index in [1.807, 2.05) is 32.0 Å². The lowest BCUT2D eigenvalue weighted by molar-refractivity contribution is -0.115. The van der Waals surface area contributed by atoms with E-state index in [0.29, 0.717) is 11.3 Å². The molecule has 0 atom stereocenters. The molecule has 0 aliphatic rings. The SMILES string of the molecule is C/C(CC(=O)Nc1cc(C)cc(C)c1)=N/NC(=O)c1cccc(C)c1O. The molecule has 0 saturated heterocycles. The second kappa shape index (κ2) is 8.29. The van der Waals surface area contributed by atoms with Gasteiger partial charge in [-0.1, -0.05) is 18.2 Å². The van der Waals surface area contributed by atoms with Gasteiger partial charge in [0.15, 0.2) is 0 Å². The number of phenolic OH excluding ortho intramolecular Hbond substituents is 1. The summed E-state index contributed by atoms with van der Waals surface area (Å²) in [6.45, 7) is 7.28. The van der Waals surface area contributed by atoms with E-state index in [0.717, 1.165) is 16.8 Å². The van der Waals surface area contributed by atoms with Gasteiger partial charge in [0, 0.05) is 11.4 Å². The highest BCUT2D eigenvalue weighted by Crippen LogP contribution is 2.21. The Morgan fingerprint density at radius 3 is 2.38 bits per heavy atom. The van der Waals surface area contributed by atoms with Crippen LogP contribution in [0.1, 0.15) is 40.4 Å². The number of amides is 2. The fourth-order valence-corrected chi connectivity index (χ4v) is 2.57. The number of nitrogens with zero attached hydrogens (tertiary/aromatic N) is 1. The van der Waals surface area contributed by atoms with E-state index < -0.39 is 5.91 Å². The number of aromatic hydroxyl groups is 1. The Morgan fingerprint density at radius 1 is 1.08 bits per heavy atom. The number of nitrogens with one attached hydrogen (secondary N) is 2. The number of benzene rings is 2. The minimum Gasteiger partial charge on any atom is -0.507 e. The molecule has 136 valence electrons. The molecule has 0 radical (unpaired) electrons. The number of aryl methyl sites for hydroxylation is 3. The number of carbonyl (C=O) groups excluding carboxylic acids is 2. The van der Waals surface area contributed by atoms with Gasteiger partial charge < -0.3 is 10.4 Å². The van der Waals surface area contributed by atoms with Crippen LogP contribution < -0.4 is 10.7 Å². The molecule has 0 bridgehead atoms. The average molecular weight is 353 g/mol. The first kappa shape index (κ1) is 19.2. The van der Waals surface area contributed by atoms with Crippen molar-refractivity contribution >= 4 is 23.2 Å². The molecule has 6 nitrogen and oxygen atoms in total. The van der Waals surface area contributed by atoms with Crippen molar-refractivity contribution in [3.05, 3.63) is 58.7 Å². The molecular formula is C20H23N3O3. The van der Waals surface area contributed by atoms with Crippen molar-refractivity contribution in [3.63, 3.8) is 0 Å². The fourth-order valence-electron chi connectivity index (χ4n) is 2.57. The largest absolute Gasteiger partial charge is 0.507 e. The van der Waals surface area contributed by atoms with E-state index in [4.69, 9.17) is 0 Å². The first-order valence-corrected chi connectivity index (χ1v) is 8.26. The molecule has 26 heavy (non-hydrogen) atoms. The minimum absolute atomic E-state index is 0.0487. The van der Waals surface area contributed by atoms with Crippen molar-refractivity contribution in [2.75, 3.05) is 5.32 Å². The van der Waals surface area contributed by atoms with Crippen molar-refractivity contribution in [3.8, 4) is 5.75 Å². The summed E-state index contributed by atoms with van der Waals surface area (Å²) in [7, 11) is 0. The molecule has 0 heterocycles. The highest BCUT2D eigenvalue weighted by Gasteiger charge is 2.12. The molecule has 2 amide bonds. The third-order valence-corrected chi connectivity index (χ3v) is 3.75. The van der Waals surface area contributed by atoms with Gasteiger partial charge in [-0.2, -0.15) is 5.10 Å². The highest BCUT2D eigenvalue weighted by molar-refractivity contribution is 6.06. The summed E-state index contributed by atoms with van der Waals surface area (Å²) >= 11 is 0. The molecule has 0 fully saturated rings. The average Bonchev–Trinajstić information content (AvgIpc) is 2.54. The Bertz CT molecular complexity index is 852. The molecule has 2 aromatic rings. The number of rotatable bonds is 5. The maximum atomic E-state index is 12.1. The summed E-state index contributed by atoms with van der Waals surface area (Å²) in [5.41, 5.74) is 6.42. The first-order chi connectivity index (χ1) is 12.3. The lowest BCUT2D eigenvalue weighted by Gasteiger charge is -2.08. The van der Waals surface area contributed by atoms with Gasteiger partial charge in [0.1, 0.15) is 5.75 Å². The van der Waals surface area contributed by atoms with Crippen LogP contribution >= 0.6 is 0 Å². The number of carbonyl (C=O) groups is 2. The quantitative estimate of drug-likeness (QED) is 0.568. The predicted molar refractivity (Wildman–Crippen MR) is 103 cm³/mol. The molecule has 3 N–H and O–H groups in total. The second-order valence-electron chi connectivity index (χ2n) is 6.36. The van der Waals surface area contributed by atoms with Crippen LogP contribution in [0.3, 0.4) is 0 Å². The van der Waals surface area contributed by atoms with Crippen molar-refractivity contribution in [1.29, 1.82) is 0 Å². The van der Waals surface area contributed by atoms with E-state index in [1.165, 1.54) is 6.07 Å². The van der Waals surface area contributed by atoms with Gasteiger partial charge in [0.25, 0.3) is 5.91 Å². The second-order valence-corrected chi connectivity index (χ2v) is 6.36. The standard InChI is InChI=1S/C20H23N3O3/c1-12-8-13(2)10-16(9-12)21-18(24)11-15(4)22-23-20(26)17-7-5-6-14(3)19(17)25/h5-10,25H,11H2,1-4H3,(H,21,24)(H,23,26)/b22-15-. The van der Waals surface area contributed by atoms with Crippen LogP contribution in [0.25, 0.3) is 0 Å². The zero-order valence-electron chi connectivity index (χ0n) is 15.4. The van der Waals surface area contributed by atoms with Crippen molar-refractivity contribution in [2.24, 2.45) is 5.10 Å². The number of hydrogen-bond donors (Lipinski definition) is 3. The number of phenols is 1. The molecule has 0 aliphatic carbocycles. The van der Waals surface area contributed by atoms with Gasteiger partial charge in [-0.15, -0.1) is 0 Å². The van der Waals surface area contributed by atoms with Gasteiger partial charge in [-0.3, -0.25) is 9.59 Å². The minimum atomic E-state index is -0.528. The number of hydrogen-bond acceptors (Lipinski definition) is 4. The topological polar surface area (TPSA) is 90.8 Å². The van der Waals surface area contributed by atoms with Crippen molar-refractivity contribution in [2.45, 2.75) is 34.1 Å². The zero-order valence-corrected chi connectivity index (χ0v) is 15.4. The summed E-state index contributed by atoms with van der Waals surface area (Å²) in [5, 5.41) is 16.7. The normalized spacial score (nSPS) is 11.2. The van der Waals surface area contributed by atoms with E-state index in [-0.39, 0.29) is 23.6 Å². The van der Waals surface area contributed by atoms with Crippen LogP contribution in [-0.4, -0.2) is 22.6 Å². The molecular weight excluding hydrogens is 330 g/mol. The summed E-state index contributed by atoms with van der Waals surface area (Å²) in [6.07, 6.45) is 0.0487. The molecule has 0 aromatic heterocycles. The highest BCUT2D eigenvalue weighted by atomic mass is 16.3. The summed E-state index contributed by atoms with van der Waals surface area (Å²) in [4.78, 5) is 24.2. The van der Waals surface area contributed by atoms with Gasteiger partial charge in [-0.05, 0) is 62.6 Å². The molecule has 0 saturated carbocycles. The Labute approximate surface area is 152 Å². The molecule has 6 heteroatoms. The number of para-hydroxylation sites is 1. The number of anilines is 1. The Morgan fingerprint density at radius 2 is 1.73 bits per heavy atom. The Kier molecular flexibility index (Phi) is 6.11. The fraction of sp³-hybridized carbons (Fsp3) is 0.250. The molecule has 0 unspecified atom stereocenters. The Balaban J connectivity index is 1.96. The summed E-state index contributed by atoms with van der Waals surface area (Å²) < 4.78 is 0. The van der Waals surface area contributed by atoms with Gasteiger partial charge >= 0.3 is 0 Å². The van der Waals surface area contributed by atoms with E-state index in [1.54, 1.807) is 26.0 Å². The molecule has 2 aromatic carbocycles. The van der Waals surface area contributed by atoms with Crippen molar-refractivity contribution in [1.82, 2.24) is 5.43 Å². The van der Waals surface area contributed by atoms with Gasteiger partial charge in [-0.25, -0.2) is 5.43 Å². The van der Waals surface area contributed by atoms with Crippen LogP contribution in [-0.2, 0) is 4.79 Å². The summed E-state index contributed by atoms with van der Waals surface area (Å²) in [6, 6.07) is 10.7. The molecule has 2 rings (SSSR count). The van der Waals surface area contributed by atoms with Crippen LogP contribution in [0.15, 0.2) is 41.5 Å². The third-order valence-electron chi connectivity index (χ3n) is 3.75. The molecule has 0 spiro atoms. The molecule has 0 aliphatic heterocycles. The smallest absolute Gasteiger partial charge is 0.275 e. The maximum absolute atomic E-state index is 12.1. The maximum Gasteiger partial charge on any atom is 0.275 e. The van der Waals surface area contributed by atoms with Gasteiger partial charge in [0.2, 0.25) is 5.91 Å². The summed E-state index contributed by atoms with van der Waals surface area (Å²) in [5.74, 6) is -0.824. The lowest BCUT2D eigenvalue weighted by Crippen LogP contribution is -2.21. The third kappa shape index (κ3) is 5.17. The van der Waals surface area contributed by atoms with E-state index in [9.17, 15) is 14.7 Å². The van der Waals surface area contributed by atoms with Crippen LogP contribution in [0.5, 0.6) is 5.75 Å². The zero-order chi connectivity index (χ0) is 19.3. The van der Waals surface area contributed by atoms with E-state index in [2.05, 4.69) is 15.8 Å². The van der Waals surface area contributed by atoms with Crippen LogP contribution in [0.2, 0.25) is 0 Å².